The van der Waals surface area contributed by atoms with E-state index in [1.165, 1.54) is 0 Å². The topological polar surface area (TPSA) is 58.5 Å². The molecule has 3 rings (SSSR count). The van der Waals surface area contributed by atoms with Gasteiger partial charge in [0.15, 0.2) is 9.92 Å². The number of carbonyl (C=O) groups is 1. The lowest BCUT2D eigenvalue weighted by atomic mass is 10.2. The smallest absolute Gasteiger partial charge is 0.286 e. The number of hydrogen-bond acceptors (Lipinski definition) is 2. The van der Waals surface area contributed by atoms with Gasteiger partial charge in [-0.3, -0.25) is 9.52 Å². The molecule has 0 bridgehead atoms. The van der Waals surface area contributed by atoms with E-state index in [0.717, 1.165) is 5.56 Å². The van der Waals surface area contributed by atoms with E-state index >= 15 is 0 Å². The second kappa shape index (κ2) is 7.72. The van der Waals surface area contributed by atoms with Crippen LogP contribution in [0.3, 0.4) is 0 Å². The Bertz CT molecular complexity index is 1020. The largest absolute Gasteiger partial charge is 0.295 e. The average molecular weight is 385 g/mol. The molecule has 0 aromatic heterocycles. The van der Waals surface area contributed by atoms with Gasteiger partial charge in [0.1, 0.15) is 0 Å². The Hall–Kier alpha value is -2.63. The molecular formula is C20H17ClN2O2S. The molecule has 1 amide bonds. The number of rotatable bonds is 4. The van der Waals surface area contributed by atoms with Crippen molar-refractivity contribution in [1.29, 1.82) is 0 Å². The molecule has 0 heterocycles. The van der Waals surface area contributed by atoms with E-state index in [2.05, 4.69) is 9.08 Å². The van der Waals surface area contributed by atoms with Gasteiger partial charge in [0.25, 0.3) is 5.91 Å². The van der Waals surface area contributed by atoms with Gasteiger partial charge in [-0.2, -0.15) is 0 Å². The summed E-state index contributed by atoms with van der Waals surface area (Å²) in [5.41, 5.74) is 1.96. The lowest BCUT2D eigenvalue weighted by Gasteiger charge is -2.13. The molecule has 0 aliphatic rings. The predicted molar refractivity (Wildman–Crippen MR) is 106 cm³/mol. The van der Waals surface area contributed by atoms with Crippen LogP contribution in [0.5, 0.6) is 0 Å². The highest BCUT2D eigenvalue weighted by atomic mass is 35.5. The molecule has 0 fully saturated rings. The van der Waals surface area contributed by atoms with Crippen LogP contribution in [0.1, 0.15) is 15.9 Å². The molecule has 3 aromatic carbocycles. The van der Waals surface area contributed by atoms with Crippen molar-refractivity contribution in [1.82, 2.24) is 0 Å². The maximum atomic E-state index is 13.6. The third kappa shape index (κ3) is 4.31. The number of amides is 1. The van der Waals surface area contributed by atoms with Crippen LogP contribution in [0.2, 0.25) is 5.02 Å². The number of aryl methyl sites for hydroxylation is 1. The third-order valence-electron chi connectivity index (χ3n) is 3.67. The Morgan fingerprint density at radius 3 is 2.15 bits per heavy atom. The summed E-state index contributed by atoms with van der Waals surface area (Å²) in [6.45, 7) is 1.94. The monoisotopic (exact) mass is 384 g/mol. The summed E-state index contributed by atoms with van der Waals surface area (Å²) in [7, 11) is -3.22. The molecule has 0 aliphatic carbocycles. The van der Waals surface area contributed by atoms with Crippen LogP contribution in [0.15, 0.2) is 88.1 Å². The van der Waals surface area contributed by atoms with Gasteiger partial charge in [0.05, 0.1) is 4.90 Å². The summed E-state index contributed by atoms with van der Waals surface area (Å²) in [6.07, 6.45) is 0. The van der Waals surface area contributed by atoms with Crippen LogP contribution < -0.4 is 4.72 Å². The predicted octanol–water partition coefficient (Wildman–Crippen LogP) is 5.34. The highest BCUT2D eigenvalue weighted by molar-refractivity contribution is 7.95. The fraction of sp³-hybridized carbons (Fsp3) is 0.0500. The Balaban J connectivity index is 2.07. The summed E-state index contributed by atoms with van der Waals surface area (Å²) >= 11 is 5.91. The average Bonchev–Trinajstić information content (AvgIpc) is 2.65. The van der Waals surface area contributed by atoms with Crippen LogP contribution in [-0.2, 0) is 9.92 Å². The first-order chi connectivity index (χ1) is 12.5. The number of halogens is 1. The molecule has 0 saturated heterocycles. The molecule has 0 saturated carbocycles. The van der Waals surface area contributed by atoms with Crippen molar-refractivity contribution in [2.75, 3.05) is 4.72 Å². The van der Waals surface area contributed by atoms with Crippen LogP contribution in [0, 0.1) is 6.92 Å². The zero-order chi connectivity index (χ0) is 18.6. The highest BCUT2D eigenvalue weighted by Gasteiger charge is 2.16. The van der Waals surface area contributed by atoms with E-state index in [1.807, 2.05) is 19.1 Å². The van der Waals surface area contributed by atoms with E-state index in [-0.39, 0.29) is 0 Å². The van der Waals surface area contributed by atoms with E-state index < -0.39 is 15.8 Å². The van der Waals surface area contributed by atoms with Gasteiger partial charge in [-0.1, -0.05) is 47.5 Å². The molecule has 132 valence electrons. The number of anilines is 1. The van der Waals surface area contributed by atoms with Crippen molar-refractivity contribution >= 4 is 33.1 Å². The van der Waals surface area contributed by atoms with Crippen LogP contribution in [0.4, 0.5) is 5.69 Å². The highest BCUT2D eigenvalue weighted by Crippen LogP contribution is 2.21. The van der Waals surface area contributed by atoms with Crippen LogP contribution in [-0.4, -0.2) is 10.1 Å². The lowest BCUT2D eigenvalue weighted by molar-refractivity contribution is 0.100. The normalized spacial score (nSPS) is 12.8. The molecule has 6 heteroatoms. The second-order valence-electron chi connectivity index (χ2n) is 5.71. The second-order valence-corrected chi connectivity index (χ2v) is 8.06. The third-order valence-corrected chi connectivity index (χ3v) is 5.77. The van der Waals surface area contributed by atoms with E-state index in [4.69, 9.17) is 11.6 Å². The molecule has 0 spiro atoms. The van der Waals surface area contributed by atoms with Crippen molar-refractivity contribution in [2.45, 2.75) is 11.8 Å². The molecule has 0 aliphatic heterocycles. The van der Waals surface area contributed by atoms with Crippen molar-refractivity contribution in [3.63, 3.8) is 0 Å². The molecule has 0 radical (unpaired) electrons. The van der Waals surface area contributed by atoms with Crippen LogP contribution in [0.25, 0.3) is 0 Å². The van der Waals surface area contributed by atoms with Gasteiger partial charge in [-0.15, -0.1) is 4.36 Å². The minimum atomic E-state index is -3.22. The van der Waals surface area contributed by atoms with E-state index in [9.17, 15) is 9.00 Å². The Morgan fingerprint density at radius 1 is 0.923 bits per heavy atom. The Kier molecular flexibility index (Phi) is 5.40. The van der Waals surface area contributed by atoms with Crippen molar-refractivity contribution in [3.05, 3.63) is 95.0 Å². The Labute approximate surface area is 158 Å². The molecule has 26 heavy (non-hydrogen) atoms. The quantitative estimate of drug-likeness (QED) is 0.659. The number of nitrogens with zero attached hydrogens (tertiary/aromatic N) is 1. The number of nitrogens with one attached hydrogen (secondary N) is 1. The number of hydrogen-bond donors (Lipinski definition) is 1. The van der Waals surface area contributed by atoms with Gasteiger partial charge in [-0.05, 0) is 55.5 Å². The van der Waals surface area contributed by atoms with Gasteiger partial charge < -0.3 is 0 Å². The summed E-state index contributed by atoms with van der Waals surface area (Å²) < 4.78 is 20.5. The van der Waals surface area contributed by atoms with E-state index in [0.29, 0.717) is 21.2 Å². The SMILES string of the molecule is Cc1ccc(S(=O)(=NC(=O)c2ccccc2)Nc2ccc(Cl)cc2)cc1. The first kappa shape index (κ1) is 18.2. The standard InChI is InChI=1S/C20H17ClN2O2S/c1-15-7-13-19(14-8-15)26(25,22-18-11-9-17(21)10-12-18)23-20(24)16-5-3-2-4-6-16/h2-14H,1H3,(H,22,23,24,25). The van der Waals surface area contributed by atoms with Crippen molar-refractivity contribution < 1.29 is 9.00 Å². The molecule has 3 aromatic rings. The van der Waals surface area contributed by atoms with E-state index in [1.54, 1.807) is 66.7 Å². The molecule has 4 nitrogen and oxygen atoms in total. The first-order valence-electron chi connectivity index (χ1n) is 7.93. The fourth-order valence-corrected chi connectivity index (χ4v) is 3.98. The zero-order valence-electron chi connectivity index (χ0n) is 14.1. The molecule has 1 atom stereocenters. The van der Waals surface area contributed by atoms with Gasteiger partial charge in [0, 0.05) is 16.3 Å². The summed E-state index contributed by atoms with van der Waals surface area (Å²) in [5, 5.41) is 0.565. The first-order valence-corrected chi connectivity index (χ1v) is 9.82. The minimum absolute atomic E-state index is 0.380. The summed E-state index contributed by atoms with van der Waals surface area (Å²) in [6, 6.07) is 22.4. The molecular weight excluding hydrogens is 368 g/mol. The van der Waals surface area contributed by atoms with Crippen molar-refractivity contribution in [3.8, 4) is 0 Å². The molecule has 1 unspecified atom stereocenters. The number of benzene rings is 3. The molecule has 1 N–H and O–H groups in total. The minimum Gasteiger partial charge on any atom is -0.295 e. The maximum Gasteiger partial charge on any atom is 0.286 e. The zero-order valence-corrected chi connectivity index (χ0v) is 15.6. The van der Waals surface area contributed by atoms with Gasteiger partial charge >= 0.3 is 0 Å². The van der Waals surface area contributed by atoms with Crippen molar-refractivity contribution in [2.24, 2.45) is 4.36 Å². The maximum absolute atomic E-state index is 13.6. The number of carbonyl (C=O) groups excluding carboxylic acids is 1. The van der Waals surface area contributed by atoms with Gasteiger partial charge in [-0.25, -0.2) is 4.21 Å². The Morgan fingerprint density at radius 2 is 1.54 bits per heavy atom. The fourth-order valence-electron chi connectivity index (χ4n) is 2.29. The van der Waals surface area contributed by atoms with Gasteiger partial charge in [0.2, 0.25) is 0 Å². The van der Waals surface area contributed by atoms with Crippen LogP contribution >= 0.6 is 11.6 Å². The summed E-state index contributed by atoms with van der Waals surface area (Å²) in [5.74, 6) is -0.544. The lowest BCUT2D eigenvalue weighted by Crippen LogP contribution is -2.15. The summed E-state index contributed by atoms with van der Waals surface area (Å²) in [4.78, 5) is 13.0.